The summed E-state index contributed by atoms with van der Waals surface area (Å²) < 4.78 is 27.1. The lowest BCUT2D eigenvalue weighted by atomic mass is 9.71. The SMILES string of the molecule is CC1(C)c2cc(N3CCC(N4CCC(F)(F)CC4)CC3)ccc2C(=O)c2c1[nH]c1cc(C#N)ccc21. The van der Waals surface area contributed by atoms with Crippen molar-refractivity contribution in [3.8, 4) is 6.07 Å². The van der Waals surface area contributed by atoms with Crippen LogP contribution in [0.5, 0.6) is 0 Å². The number of carbonyl (C=O) groups is 1. The van der Waals surface area contributed by atoms with E-state index in [1.807, 2.05) is 18.2 Å². The smallest absolute Gasteiger partial charge is 0.250 e. The first-order chi connectivity index (χ1) is 17.2. The number of alkyl halides is 2. The Morgan fingerprint density at radius 1 is 1.03 bits per heavy atom. The van der Waals surface area contributed by atoms with Gasteiger partial charge in [0.25, 0.3) is 5.92 Å². The van der Waals surface area contributed by atoms with Crippen molar-refractivity contribution in [2.75, 3.05) is 31.1 Å². The molecule has 2 saturated heterocycles. The van der Waals surface area contributed by atoms with Crippen molar-refractivity contribution in [1.29, 1.82) is 5.26 Å². The van der Waals surface area contributed by atoms with Crippen LogP contribution in [-0.2, 0) is 5.41 Å². The molecule has 1 aliphatic carbocycles. The maximum atomic E-state index is 13.6. The molecular weight excluding hydrogens is 458 g/mol. The number of nitrogens with one attached hydrogen (secondary N) is 1. The van der Waals surface area contributed by atoms with Gasteiger partial charge in [-0.15, -0.1) is 0 Å². The van der Waals surface area contributed by atoms with Crippen molar-refractivity contribution in [3.63, 3.8) is 0 Å². The van der Waals surface area contributed by atoms with Crippen molar-refractivity contribution in [1.82, 2.24) is 9.88 Å². The van der Waals surface area contributed by atoms with E-state index in [4.69, 9.17) is 0 Å². The van der Waals surface area contributed by atoms with E-state index in [0.717, 1.165) is 59.3 Å². The predicted molar refractivity (Wildman–Crippen MR) is 136 cm³/mol. The van der Waals surface area contributed by atoms with Gasteiger partial charge in [0.2, 0.25) is 0 Å². The molecule has 1 aromatic heterocycles. The third-order valence-electron chi connectivity index (χ3n) is 8.58. The number of hydrogen-bond donors (Lipinski definition) is 1. The summed E-state index contributed by atoms with van der Waals surface area (Å²) in [5, 5.41) is 10.1. The lowest BCUT2D eigenvalue weighted by Crippen LogP contribution is -2.49. The fraction of sp³-hybridized carbons (Fsp3) is 0.448. The van der Waals surface area contributed by atoms with Gasteiger partial charge in [-0.05, 0) is 48.7 Å². The van der Waals surface area contributed by atoms with E-state index in [9.17, 15) is 18.8 Å². The van der Waals surface area contributed by atoms with Crippen LogP contribution in [-0.4, -0.2) is 53.8 Å². The molecule has 0 radical (unpaired) electrons. The number of carbonyl (C=O) groups excluding carboxylic acids is 1. The molecule has 3 aromatic rings. The number of halogens is 2. The lowest BCUT2D eigenvalue weighted by molar-refractivity contribution is -0.0646. The minimum absolute atomic E-state index is 0.0161. The fourth-order valence-electron chi connectivity index (χ4n) is 6.39. The molecule has 7 heteroatoms. The summed E-state index contributed by atoms with van der Waals surface area (Å²) in [5.74, 6) is -2.49. The van der Waals surface area contributed by atoms with Gasteiger partial charge >= 0.3 is 0 Å². The average molecular weight is 489 g/mol. The number of nitriles is 1. The van der Waals surface area contributed by atoms with Gasteiger partial charge in [0.15, 0.2) is 5.78 Å². The Hall–Kier alpha value is -3.24. The number of benzene rings is 2. The summed E-state index contributed by atoms with van der Waals surface area (Å²) in [5.41, 5.74) is 5.40. The monoisotopic (exact) mass is 488 g/mol. The molecule has 2 aromatic carbocycles. The molecule has 186 valence electrons. The van der Waals surface area contributed by atoms with Gasteiger partial charge in [-0.3, -0.25) is 9.69 Å². The third-order valence-corrected chi connectivity index (χ3v) is 8.58. The number of anilines is 1. The number of nitrogens with zero attached hydrogens (tertiary/aromatic N) is 3. The average Bonchev–Trinajstić information content (AvgIpc) is 3.27. The Labute approximate surface area is 209 Å². The summed E-state index contributed by atoms with van der Waals surface area (Å²) in [6.45, 7) is 6.99. The van der Waals surface area contributed by atoms with Crippen molar-refractivity contribution in [2.24, 2.45) is 0 Å². The molecule has 5 nitrogen and oxygen atoms in total. The summed E-state index contributed by atoms with van der Waals surface area (Å²) in [6.07, 6.45) is 1.85. The topological polar surface area (TPSA) is 63.1 Å². The molecule has 0 atom stereocenters. The van der Waals surface area contributed by atoms with Crippen LogP contribution < -0.4 is 4.90 Å². The minimum atomic E-state index is -2.51. The van der Waals surface area contributed by atoms with Crippen molar-refractivity contribution in [3.05, 3.63) is 64.3 Å². The molecule has 6 rings (SSSR count). The van der Waals surface area contributed by atoms with Gasteiger partial charge in [-0.1, -0.05) is 19.9 Å². The maximum Gasteiger partial charge on any atom is 0.250 e. The number of aromatic amines is 1. The Morgan fingerprint density at radius 2 is 1.75 bits per heavy atom. The standard InChI is InChI=1S/C29H30F2N4O/c1-28(2)23-16-20(34-11-7-19(8-12-34)35-13-9-29(30,31)10-14-35)4-6-21(23)26(36)25-22-5-3-18(17-32)15-24(22)33-27(25)28/h3-6,15-16,19,33H,7-14H2,1-2H3. The first-order valence-corrected chi connectivity index (χ1v) is 12.8. The van der Waals surface area contributed by atoms with Crippen LogP contribution in [0.1, 0.15) is 72.3 Å². The highest BCUT2D eigenvalue weighted by Gasteiger charge is 2.40. The highest BCUT2D eigenvalue weighted by Crippen LogP contribution is 2.45. The molecule has 36 heavy (non-hydrogen) atoms. The number of H-pyrrole nitrogens is 1. The molecule has 0 saturated carbocycles. The zero-order valence-electron chi connectivity index (χ0n) is 20.7. The van der Waals surface area contributed by atoms with E-state index >= 15 is 0 Å². The summed E-state index contributed by atoms with van der Waals surface area (Å²) >= 11 is 0. The normalized spacial score (nSPS) is 21.8. The quantitative estimate of drug-likeness (QED) is 0.509. The van der Waals surface area contributed by atoms with Crippen molar-refractivity contribution >= 4 is 22.4 Å². The zero-order valence-corrected chi connectivity index (χ0v) is 20.7. The second kappa shape index (κ2) is 8.14. The molecular formula is C29H30F2N4O. The van der Waals surface area contributed by atoms with Gasteiger partial charge < -0.3 is 9.88 Å². The summed E-state index contributed by atoms with van der Waals surface area (Å²) in [4.78, 5) is 21.7. The number of ketones is 1. The molecule has 0 spiro atoms. The van der Waals surface area contributed by atoms with E-state index in [1.54, 1.807) is 12.1 Å². The Kier molecular flexibility index (Phi) is 5.24. The zero-order chi connectivity index (χ0) is 25.2. The molecule has 2 aliphatic heterocycles. The van der Waals surface area contributed by atoms with Crippen LogP contribution in [0.15, 0.2) is 36.4 Å². The summed E-state index contributed by atoms with van der Waals surface area (Å²) in [6, 6.07) is 14.1. The predicted octanol–water partition coefficient (Wildman–Crippen LogP) is 5.61. The van der Waals surface area contributed by atoms with E-state index in [1.165, 1.54) is 0 Å². The molecule has 3 aliphatic rings. The van der Waals surface area contributed by atoms with Crippen LogP contribution in [0.25, 0.3) is 10.9 Å². The first kappa shape index (κ1) is 23.2. The first-order valence-electron chi connectivity index (χ1n) is 12.8. The molecule has 3 heterocycles. The van der Waals surface area contributed by atoms with E-state index in [2.05, 4.69) is 40.8 Å². The highest BCUT2D eigenvalue weighted by molar-refractivity contribution is 6.20. The van der Waals surface area contributed by atoms with Crippen LogP contribution in [0.4, 0.5) is 14.5 Å². The number of piperidine rings is 2. The van der Waals surface area contributed by atoms with Crippen LogP contribution in [0.2, 0.25) is 0 Å². The van der Waals surface area contributed by atoms with Crippen molar-refractivity contribution < 1.29 is 13.6 Å². The summed E-state index contributed by atoms with van der Waals surface area (Å²) in [7, 11) is 0. The van der Waals surface area contributed by atoms with Gasteiger partial charge in [0, 0.05) is 78.3 Å². The third kappa shape index (κ3) is 3.62. The van der Waals surface area contributed by atoms with Gasteiger partial charge in [0.05, 0.1) is 17.2 Å². The van der Waals surface area contributed by atoms with Gasteiger partial charge in [-0.25, -0.2) is 8.78 Å². The number of aromatic nitrogens is 1. The molecule has 0 amide bonds. The fourth-order valence-corrected chi connectivity index (χ4v) is 6.39. The largest absolute Gasteiger partial charge is 0.371 e. The highest BCUT2D eigenvalue weighted by atomic mass is 19.3. The number of hydrogen-bond acceptors (Lipinski definition) is 4. The van der Waals surface area contributed by atoms with Crippen LogP contribution >= 0.6 is 0 Å². The van der Waals surface area contributed by atoms with E-state index in [0.29, 0.717) is 30.3 Å². The Morgan fingerprint density at radius 3 is 2.44 bits per heavy atom. The lowest BCUT2D eigenvalue weighted by Gasteiger charge is -2.42. The molecule has 0 bridgehead atoms. The van der Waals surface area contributed by atoms with Crippen LogP contribution in [0, 0.1) is 11.3 Å². The number of fused-ring (bicyclic) bond motifs is 4. The van der Waals surface area contributed by atoms with Gasteiger partial charge in [0.1, 0.15) is 0 Å². The number of rotatable bonds is 2. The van der Waals surface area contributed by atoms with Crippen LogP contribution in [0.3, 0.4) is 0 Å². The Balaban J connectivity index is 1.26. The molecule has 1 N–H and O–H groups in total. The number of likely N-dealkylation sites (tertiary alicyclic amines) is 1. The maximum absolute atomic E-state index is 13.6. The second-order valence-corrected chi connectivity index (χ2v) is 11.0. The minimum Gasteiger partial charge on any atom is -0.371 e. The molecule has 2 fully saturated rings. The second-order valence-electron chi connectivity index (χ2n) is 11.0. The molecule has 0 unspecified atom stereocenters. The van der Waals surface area contributed by atoms with E-state index in [-0.39, 0.29) is 18.6 Å². The van der Waals surface area contributed by atoms with E-state index < -0.39 is 11.3 Å². The van der Waals surface area contributed by atoms with Crippen molar-refractivity contribution in [2.45, 2.75) is 56.9 Å². The van der Waals surface area contributed by atoms with Gasteiger partial charge in [-0.2, -0.15) is 5.26 Å². The Bertz CT molecular complexity index is 1400.